The van der Waals surface area contributed by atoms with E-state index in [4.69, 9.17) is 14.7 Å². The van der Waals surface area contributed by atoms with Crippen LogP contribution < -0.4 is 9.80 Å². The lowest BCUT2D eigenvalue weighted by Gasteiger charge is -2.37. The molecular formula is C26H29FN6OS. The van der Waals surface area contributed by atoms with Crippen LogP contribution in [0.3, 0.4) is 0 Å². The molecule has 0 saturated carbocycles. The van der Waals surface area contributed by atoms with Gasteiger partial charge in [0.15, 0.2) is 0 Å². The average Bonchev–Trinajstić information content (AvgIpc) is 3.27. The van der Waals surface area contributed by atoms with Crippen molar-refractivity contribution in [3.05, 3.63) is 45.8 Å². The Balaban J connectivity index is 1.31. The fourth-order valence-corrected chi connectivity index (χ4v) is 6.76. The summed E-state index contributed by atoms with van der Waals surface area (Å²) in [5.41, 5.74) is 2.26. The van der Waals surface area contributed by atoms with Crippen LogP contribution in [-0.4, -0.2) is 67.4 Å². The van der Waals surface area contributed by atoms with Crippen molar-refractivity contribution in [2.75, 3.05) is 62.3 Å². The van der Waals surface area contributed by atoms with Crippen LogP contribution in [0.2, 0.25) is 0 Å². The van der Waals surface area contributed by atoms with Crippen molar-refractivity contribution in [3.63, 3.8) is 0 Å². The van der Waals surface area contributed by atoms with E-state index in [1.165, 1.54) is 34.7 Å². The third-order valence-corrected chi connectivity index (χ3v) is 8.52. The van der Waals surface area contributed by atoms with Gasteiger partial charge in [0.25, 0.3) is 0 Å². The van der Waals surface area contributed by atoms with E-state index in [1.807, 2.05) is 23.5 Å². The first-order chi connectivity index (χ1) is 17.2. The van der Waals surface area contributed by atoms with Crippen molar-refractivity contribution in [1.82, 2.24) is 14.9 Å². The molecule has 9 heteroatoms. The number of nitriles is 1. The number of benzene rings is 1. The fourth-order valence-electron chi connectivity index (χ4n) is 5.49. The first-order valence-corrected chi connectivity index (χ1v) is 13.3. The number of piperazine rings is 1. The monoisotopic (exact) mass is 492 g/mol. The minimum Gasteiger partial charge on any atom is -0.379 e. The Kier molecular flexibility index (Phi) is 6.27. The zero-order valence-electron chi connectivity index (χ0n) is 19.8. The minimum absolute atomic E-state index is 0.130. The molecule has 2 fully saturated rings. The van der Waals surface area contributed by atoms with Gasteiger partial charge in [0.1, 0.15) is 33.9 Å². The maximum atomic E-state index is 14.2. The molecule has 0 amide bonds. The lowest BCUT2D eigenvalue weighted by Crippen LogP contribution is -2.47. The van der Waals surface area contributed by atoms with Gasteiger partial charge in [0.2, 0.25) is 0 Å². The largest absolute Gasteiger partial charge is 0.379 e. The molecule has 3 aromatic rings. The molecule has 7 nitrogen and oxygen atoms in total. The first kappa shape index (κ1) is 22.7. The van der Waals surface area contributed by atoms with Gasteiger partial charge in [-0.25, -0.2) is 14.4 Å². The number of morpholine rings is 1. The summed E-state index contributed by atoms with van der Waals surface area (Å²) in [6.45, 7) is 7.05. The number of anilines is 2. The Labute approximate surface area is 208 Å². The zero-order valence-corrected chi connectivity index (χ0v) is 20.6. The second-order valence-electron chi connectivity index (χ2n) is 9.46. The number of aryl methyl sites for hydroxylation is 2. The molecule has 6 rings (SSSR count). The highest BCUT2D eigenvalue weighted by molar-refractivity contribution is 7.19. The van der Waals surface area contributed by atoms with Gasteiger partial charge in [-0.3, -0.25) is 4.90 Å². The van der Waals surface area contributed by atoms with Crippen LogP contribution in [0.1, 0.15) is 34.7 Å². The van der Waals surface area contributed by atoms with Crippen molar-refractivity contribution >= 4 is 33.1 Å². The lowest BCUT2D eigenvalue weighted by atomic mass is 9.97. The van der Waals surface area contributed by atoms with Crippen LogP contribution in [0.15, 0.2) is 18.2 Å². The summed E-state index contributed by atoms with van der Waals surface area (Å²) in [6, 6.07) is 6.92. The minimum atomic E-state index is -0.456. The van der Waals surface area contributed by atoms with E-state index in [2.05, 4.69) is 14.7 Å². The Morgan fingerprint density at radius 1 is 1.00 bits per heavy atom. The third kappa shape index (κ3) is 4.35. The maximum absolute atomic E-state index is 14.2. The Hall–Kier alpha value is -2.80. The quantitative estimate of drug-likeness (QED) is 0.550. The van der Waals surface area contributed by atoms with Gasteiger partial charge in [0.05, 0.1) is 30.8 Å². The van der Waals surface area contributed by atoms with Gasteiger partial charge in [-0.15, -0.1) is 11.3 Å². The van der Waals surface area contributed by atoms with Crippen molar-refractivity contribution < 1.29 is 9.13 Å². The highest BCUT2D eigenvalue weighted by atomic mass is 32.1. The molecule has 0 radical (unpaired) electrons. The zero-order chi connectivity index (χ0) is 23.8. The van der Waals surface area contributed by atoms with E-state index >= 15 is 0 Å². The summed E-state index contributed by atoms with van der Waals surface area (Å²) < 4.78 is 19.7. The second-order valence-corrected chi connectivity index (χ2v) is 10.5. The van der Waals surface area contributed by atoms with Crippen molar-refractivity contribution in [3.8, 4) is 6.07 Å². The molecule has 182 valence electrons. The molecule has 4 heterocycles. The number of hydrogen-bond acceptors (Lipinski definition) is 8. The van der Waals surface area contributed by atoms with Gasteiger partial charge >= 0.3 is 0 Å². The predicted molar refractivity (Wildman–Crippen MR) is 136 cm³/mol. The number of fused-ring (bicyclic) bond motifs is 3. The van der Waals surface area contributed by atoms with Gasteiger partial charge in [-0.05, 0) is 43.4 Å². The van der Waals surface area contributed by atoms with Crippen LogP contribution in [0, 0.1) is 17.1 Å². The Bertz CT molecular complexity index is 1270. The highest BCUT2D eigenvalue weighted by Gasteiger charge is 2.27. The molecule has 2 saturated heterocycles. The summed E-state index contributed by atoms with van der Waals surface area (Å²) >= 11 is 1.85. The first-order valence-electron chi connectivity index (χ1n) is 12.5. The van der Waals surface area contributed by atoms with E-state index in [0.29, 0.717) is 5.69 Å². The summed E-state index contributed by atoms with van der Waals surface area (Å²) in [6.07, 6.45) is 4.71. The standard InChI is InChI=1S/C26H29FN6OS/c27-20-5-3-6-21(19(20)16-28)32-8-10-33(11-9-32)25-24-18-4-1-2-7-22(18)35-26(24)30-23(29-25)17-31-12-14-34-15-13-31/h3,5-6H,1-2,4,7-15,17H2. The Morgan fingerprint density at radius 2 is 1.77 bits per heavy atom. The van der Waals surface area contributed by atoms with E-state index in [9.17, 15) is 9.65 Å². The molecule has 0 spiro atoms. The number of thiophene rings is 1. The van der Waals surface area contributed by atoms with Crippen LogP contribution in [0.5, 0.6) is 0 Å². The third-order valence-electron chi connectivity index (χ3n) is 7.33. The van der Waals surface area contributed by atoms with Gasteiger partial charge in [-0.1, -0.05) is 6.07 Å². The Morgan fingerprint density at radius 3 is 2.57 bits per heavy atom. The molecule has 0 unspecified atom stereocenters. The van der Waals surface area contributed by atoms with Crippen molar-refractivity contribution in [2.45, 2.75) is 32.2 Å². The normalized spacial score (nSPS) is 19.1. The van der Waals surface area contributed by atoms with Crippen LogP contribution >= 0.6 is 11.3 Å². The van der Waals surface area contributed by atoms with Crippen molar-refractivity contribution in [1.29, 1.82) is 5.26 Å². The molecule has 1 aliphatic carbocycles. The molecule has 0 atom stereocenters. The van der Waals surface area contributed by atoms with Gasteiger partial charge < -0.3 is 14.5 Å². The van der Waals surface area contributed by atoms with Crippen LogP contribution in [0.4, 0.5) is 15.9 Å². The lowest BCUT2D eigenvalue weighted by molar-refractivity contribution is 0.0331. The van der Waals surface area contributed by atoms with E-state index in [-0.39, 0.29) is 5.56 Å². The van der Waals surface area contributed by atoms with Crippen LogP contribution in [-0.2, 0) is 24.1 Å². The van der Waals surface area contributed by atoms with Gasteiger partial charge in [-0.2, -0.15) is 5.26 Å². The van der Waals surface area contributed by atoms with Crippen molar-refractivity contribution in [2.24, 2.45) is 0 Å². The smallest absolute Gasteiger partial charge is 0.146 e. The molecule has 3 aliphatic rings. The molecule has 1 aromatic carbocycles. The number of hydrogen-bond donors (Lipinski definition) is 0. The van der Waals surface area contributed by atoms with Crippen LogP contribution in [0.25, 0.3) is 10.2 Å². The molecule has 2 aliphatic heterocycles. The highest BCUT2D eigenvalue weighted by Crippen LogP contribution is 2.40. The number of aromatic nitrogens is 2. The molecule has 35 heavy (non-hydrogen) atoms. The molecular weight excluding hydrogens is 463 g/mol. The topological polar surface area (TPSA) is 68.5 Å². The van der Waals surface area contributed by atoms with E-state index < -0.39 is 5.82 Å². The maximum Gasteiger partial charge on any atom is 0.146 e. The fraction of sp³-hybridized carbons (Fsp3) is 0.500. The summed E-state index contributed by atoms with van der Waals surface area (Å²) in [5, 5.41) is 10.7. The van der Waals surface area contributed by atoms with Gasteiger partial charge in [0, 0.05) is 44.1 Å². The predicted octanol–water partition coefficient (Wildman–Crippen LogP) is 3.74. The molecule has 0 bridgehead atoms. The second kappa shape index (κ2) is 9.69. The number of nitrogens with zero attached hydrogens (tertiary/aromatic N) is 6. The number of ether oxygens (including phenoxy) is 1. The average molecular weight is 493 g/mol. The SMILES string of the molecule is N#Cc1c(F)cccc1N1CCN(c2nc(CN3CCOCC3)nc3sc4c(c23)CCCC4)CC1. The summed E-state index contributed by atoms with van der Waals surface area (Å²) in [5.74, 6) is 1.48. The molecule has 2 aromatic heterocycles. The summed E-state index contributed by atoms with van der Waals surface area (Å²) in [4.78, 5) is 19.6. The number of rotatable bonds is 4. The number of halogens is 1. The van der Waals surface area contributed by atoms with E-state index in [1.54, 1.807) is 6.07 Å². The molecule has 0 N–H and O–H groups in total. The summed E-state index contributed by atoms with van der Waals surface area (Å²) in [7, 11) is 0. The van der Waals surface area contributed by atoms with E-state index in [0.717, 1.165) is 88.3 Å².